The number of amides is 2. The van der Waals surface area contributed by atoms with E-state index in [4.69, 9.17) is 49.0 Å². The van der Waals surface area contributed by atoms with Crippen LogP contribution in [0.5, 0.6) is 11.5 Å². The Balaban J connectivity index is 2.32. The van der Waals surface area contributed by atoms with Gasteiger partial charge in [0.25, 0.3) is 5.91 Å². The van der Waals surface area contributed by atoms with Gasteiger partial charge in [0.2, 0.25) is 3.79 Å². The monoisotopic (exact) mass is 468 g/mol. The fourth-order valence-electron chi connectivity index (χ4n) is 2.80. The molecule has 12 heteroatoms. The van der Waals surface area contributed by atoms with E-state index in [9.17, 15) is 19.5 Å². The molecule has 0 unspecified atom stereocenters. The van der Waals surface area contributed by atoms with Crippen molar-refractivity contribution >= 4 is 58.3 Å². The Morgan fingerprint density at radius 2 is 2.00 bits per heavy atom. The van der Waals surface area contributed by atoms with Crippen LogP contribution in [0.2, 0.25) is 0 Å². The fraction of sp³-hybridized carbons (Fsp3) is 0.471. The van der Waals surface area contributed by atoms with E-state index in [0.29, 0.717) is 0 Å². The number of ketones is 1. The lowest BCUT2D eigenvalue weighted by Crippen LogP contribution is -2.38. The van der Waals surface area contributed by atoms with E-state index in [1.165, 1.54) is 25.2 Å². The zero-order valence-corrected chi connectivity index (χ0v) is 17.8. The summed E-state index contributed by atoms with van der Waals surface area (Å²) in [7, 11) is 2.77. The molecule has 0 bridgehead atoms. The van der Waals surface area contributed by atoms with Crippen LogP contribution in [-0.2, 0) is 14.3 Å². The van der Waals surface area contributed by atoms with Gasteiger partial charge in [-0.2, -0.15) is 0 Å². The average Bonchev–Trinajstić information content (AvgIpc) is 3.00. The fourth-order valence-corrected chi connectivity index (χ4v) is 2.96. The van der Waals surface area contributed by atoms with E-state index in [2.05, 4.69) is 5.32 Å². The summed E-state index contributed by atoms with van der Waals surface area (Å²) in [5.41, 5.74) is -0.0978. The number of nitrogens with one attached hydrogen (secondary N) is 1. The van der Waals surface area contributed by atoms with Crippen LogP contribution in [0.25, 0.3) is 0 Å². The molecule has 0 aliphatic carbocycles. The van der Waals surface area contributed by atoms with Gasteiger partial charge in [0.05, 0.1) is 37.6 Å². The van der Waals surface area contributed by atoms with Gasteiger partial charge in [-0.1, -0.05) is 34.8 Å². The number of alkyl halides is 3. The Bertz CT molecular complexity index is 798. The second-order valence-electron chi connectivity index (χ2n) is 6.17. The average molecular weight is 470 g/mol. The number of benzene rings is 1. The summed E-state index contributed by atoms with van der Waals surface area (Å²) in [4.78, 5) is 38.3. The van der Waals surface area contributed by atoms with Crippen molar-refractivity contribution in [2.24, 2.45) is 0 Å². The molecule has 2 amide bonds. The molecule has 1 aromatic rings. The Kier molecular flexibility index (Phi) is 7.81. The third kappa shape index (κ3) is 6.27. The van der Waals surface area contributed by atoms with Gasteiger partial charge in [0.1, 0.15) is 6.61 Å². The van der Waals surface area contributed by atoms with Crippen LogP contribution in [-0.4, -0.2) is 71.6 Å². The highest BCUT2D eigenvalue weighted by Crippen LogP contribution is 2.34. The normalized spacial score (nSPS) is 16.7. The number of aromatic hydroxyl groups is 1. The molecule has 2 rings (SSSR count). The molecule has 1 aliphatic heterocycles. The molecule has 1 aliphatic rings. The predicted molar refractivity (Wildman–Crippen MR) is 106 cm³/mol. The number of halogens is 3. The molecule has 1 aromatic carbocycles. The number of hydrogen-bond acceptors (Lipinski definition) is 7. The molecule has 0 spiro atoms. The van der Waals surface area contributed by atoms with Crippen LogP contribution in [0.3, 0.4) is 0 Å². The van der Waals surface area contributed by atoms with E-state index < -0.39 is 28.4 Å². The molecular formula is C17H19Cl3N2O7. The van der Waals surface area contributed by atoms with Gasteiger partial charge >= 0.3 is 6.09 Å². The quantitative estimate of drug-likeness (QED) is 0.616. The van der Waals surface area contributed by atoms with Gasteiger partial charge in [0, 0.05) is 19.6 Å². The lowest BCUT2D eigenvalue weighted by molar-refractivity contribution is -0.116. The lowest BCUT2D eigenvalue weighted by Gasteiger charge is -2.24. The number of methoxy groups -OCH3 is 2. The molecule has 160 valence electrons. The molecule has 29 heavy (non-hydrogen) atoms. The van der Waals surface area contributed by atoms with Crippen molar-refractivity contribution in [1.29, 1.82) is 0 Å². The number of hydrogen-bond donors (Lipinski definition) is 2. The number of phenolic OH excluding ortho intramolecular Hbond substituents is 1. The first-order valence-corrected chi connectivity index (χ1v) is 9.42. The van der Waals surface area contributed by atoms with Crippen LogP contribution in [0.1, 0.15) is 16.8 Å². The maximum Gasteiger partial charge on any atom is 0.411 e. The molecule has 1 atom stereocenters. The first-order chi connectivity index (χ1) is 13.6. The van der Waals surface area contributed by atoms with Gasteiger partial charge < -0.3 is 24.2 Å². The third-order valence-electron chi connectivity index (χ3n) is 4.02. The molecular weight excluding hydrogens is 451 g/mol. The highest BCUT2D eigenvalue weighted by Gasteiger charge is 2.36. The standard InChI is InChI=1S/C17H19Cl3N2O7/c1-27-7-9-3-10(23)6-22(9)15(25)11-4-14(28-2)13(24)5-12(11)21-16(26)29-8-17(18,19)20/h4-5,9,24H,3,6-8H2,1-2H3,(H,21,26)/t9-/m0/s1. The maximum absolute atomic E-state index is 13.1. The Labute approximate surface area is 181 Å². The predicted octanol–water partition coefficient (Wildman–Crippen LogP) is 2.75. The second-order valence-corrected chi connectivity index (χ2v) is 8.69. The summed E-state index contributed by atoms with van der Waals surface area (Å²) in [6.45, 7) is -0.473. The number of anilines is 1. The number of carbonyl (C=O) groups excluding carboxylic acids is 3. The maximum atomic E-state index is 13.1. The summed E-state index contributed by atoms with van der Waals surface area (Å²) in [6, 6.07) is 1.91. The van der Waals surface area contributed by atoms with Crippen LogP contribution >= 0.6 is 34.8 Å². The SMILES string of the molecule is COC[C@@H]1CC(=O)CN1C(=O)c1cc(OC)c(O)cc1NC(=O)OCC(Cl)(Cl)Cl. The minimum atomic E-state index is -1.82. The number of ether oxygens (including phenoxy) is 3. The van der Waals surface area contributed by atoms with Crippen molar-refractivity contribution in [3.8, 4) is 11.5 Å². The van der Waals surface area contributed by atoms with Crippen molar-refractivity contribution in [2.75, 3.05) is 39.3 Å². The molecule has 0 radical (unpaired) electrons. The van der Waals surface area contributed by atoms with E-state index >= 15 is 0 Å². The molecule has 0 aromatic heterocycles. The molecule has 1 saturated heterocycles. The summed E-state index contributed by atoms with van der Waals surface area (Å²) < 4.78 is 13.1. The minimum Gasteiger partial charge on any atom is -0.504 e. The van der Waals surface area contributed by atoms with Crippen LogP contribution in [0.4, 0.5) is 10.5 Å². The van der Waals surface area contributed by atoms with E-state index in [1.54, 1.807) is 0 Å². The smallest absolute Gasteiger partial charge is 0.411 e. The number of carbonyl (C=O) groups is 3. The largest absolute Gasteiger partial charge is 0.504 e. The second kappa shape index (κ2) is 9.71. The number of Topliss-reactive ketones (excluding diaryl/α,β-unsaturated/α-hetero) is 1. The number of likely N-dealkylation sites (tertiary alicyclic amines) is 1. The lowest BCUT2D eigenvalue weighted by atomic mass is 10.1. The van der Waals surface area contributed by atoms with Gasteiger partial charge in [-0.05, 0) is 6.07 Å². The van der Waals surface area contributed by atoms with Gasteiger partial charge in [-0.15, -0.1) is 0 Å². The van der Waals surface area contributed by atoms with E-state index in [-0.39, 0.29) is 48.1 Å². The van der Waals surface area contributed by atoms with Gasteiger partial charge in [0.15, 0.2) is 17.3 Å². The highest BCUT2D eigenvalue weighted by atomic mass is 35.6. The molecule has 1 fully saturated rings. The van der Waals surface area contributed by atoms with Crippen molar-refractivity contribution < 1.29 is 33.7 Å². The first-order valence-electron chi connectivity index (χ1n) is 8.28. The third-order valence-corrected chi connectivity index (χ3v) is 4.35. The van der Waals surface area contributed by atoms with Crippen molar-refractivity contribution in [1.82, 2.24) is 4.90 Å². The minimum absolute atomic E-state index is 0.00220. The van der Waals surface area contributed by atoms with Crippen LogP contribution < -0.4 is 10.1 Å². The molecule has 0 saturated carbocycles. The molecule has 2 N–H and O–H groups in total. The first kappa shape index (κ1) is 23.3. The summed E-state index contributed by atoms with van der Waals surface area (Å²) >= 11 is 16.6. The topological polar surface area (TPSA) is 114 Å². The summed E-state index contributed by atoms with van der Waals surface area (Å²) in [5.74, 6) is -1.01. The van der Waals surface area contributed by atoms with Gasteiger partial charge in [-0.25, -0.2) is 4.79 Å². The van der Waals surface area contributed by atoms with Gasteiger partial charge in [-0.3, -0.25) is 14.9 Å². The Hall–Kier alpha value is -1.94. The number of phenols is 1. The van der Waals surface area contributed by atoms with Crippen LogP contribution in [0.15, 0.2) is 12.1 Å². The van der Waals surface area contributed by atoms with Crippen molar-refractivity contribution in [3.63, 3.8) is 0 Å². The number of nitrogens with zero attached hydrogens (tertiary/aromatic N) is 1. The van der Waals surface area contributed by atoms with E-state index in [1.807, 2.05) is 0 Å². The number of rotatable bonds is 6. The van der Waals surface area contributed by atoms with Crippen molar-refractivity contribution in [2.45, 2.75) is 16.3 Å². The zero-order chi connectivity index (χ0) is 21.8. The van der Waals surface area contributed by atoms with Crippen LogP contribution in [0, 0.1) is 0 Å². The summed E-state index contributed by atoms with van der Waals surface area (Å²) in [6.07, 6.45) is -0.857. The zero-order valence-electron chi connectivity index (χ0n) is 15.5. The molecule has 9 nitrogen and oxygen atoms in total. The Morgan fingerprint density at radius 1 is 1.31 bits per heavy atom. The highest BCUT2D eigenvalue weighted by molar-refractivity contribution is 6.67. The summed E-state index contributed by atoms with van der Waals surface area (Å²) in [5, 5.41) is 12.4. The van der Waals surface area contributed by atoms with Crippen molar-refractivity contribution in [3.05, 3.63) is 17.7 Å². The molecule has 1 heterocycles. The van der Waals surface area contributed by atoms with E-state index in [0.717, 1.165) is 6.07 Å². The Morgan fingerprint density at radius 3 is 2.59 bits per heavy atom.